The summed E-state index contributed by atoms with van der Waals surface area (Å²) in [5.41, 5.74) is 8.03. The van der Waals surface area contributed by atoms with Crippen LogP contribution in [0, 0.1) is 0 Å². The third kappa shape index (κ3) is 2.63. The molecular weight excluding hydrogens is 310 g/mol. The highest BCUT2D eigenvalue weighted by Crippen LogP contribution is 2.35. The van der Waals surface area contributed by atoms with Gasteiger partial charge in [-0.1, -0.05) is 6.07 Å². The molecule has 0 saturated carbocycles. The summed E-state index contributed by atoms with van der Waals surface area (Å²) in [4.78, 5) is 13.5. The van der Waals surface area contributed by atoms with Gasteiger partial charge in [0.15, 0.2) is 9.84 Å². The summed E-state index contributed by atoms with van der Waals surface area (Å²) in [7, 11) is -3.17. The number of benzene rings is 1. The van der Waals surface area contributed by atoms with Crippen LogP contribution in [0.1, 0.15) is 11.6 Å². The van der Waals surface area contributed by atoms with E-state index in [1.807, 2.05) is 17.0 Å². The number of sulfone groups is 1. The maximum absolute atomic E-state index is 12.0. The second kappa shape index (κ2) is 5.19. The average Bonchev–Trinajstić information content (AvgIpc) is 2.73. The first kappa shape index (κ1) is 14.7. The lowest BCUT2D eigenvalue weighted by atomic mass is 10.1. The fourth-order valence-corrected chi connectivity index (χ4v) is 5.53. The molecule has 3 rings (SSSR count). The summed E-state index contributed by atoms with van der Waals surface area (Å²) < 4.78 is 23.9. The number of thioether (sulfide) groups is 1. The normalized spacial score (nSPS) is 25.6. The highest BCUT2D eigenvalue weighted by Gasteiger charge is 2.33. The molecule has 1 saturated heterocycles. The smallest absolute Gasteiger partial charge is 0.245 e. The third-order valence-corrected chi connectivity index (χ3v) is 6.47. The Morgan fingerprint density at radius 2 is 2.19 bits per heavy atom. The van der Waals surface area contributed by atoms with Gasteiger partial charge in [-0.3, -0.25) is 4.79 Å². The molecule has 1 aromatic rings. The zero-order valence-corrected chi connectivity index (χ0v) is 13.2. The maximum Gasteiger partial charge on any atom is 0.245 e. The van der Waals surface area contributed by atoms with E-state index in [0.717, 1.165) is 17.0 Å². The van der Waals surface area contributed by atoms with Crippen LogP contribution in [0.4, 0.5) is 11.4 Å². The summed E-state index contributed by atoms with van der Waals surface area (Å²) in [6.07, 6.45) is 1.27. The minimum absolute atomic E-state index is 0.226. The van der Waals surface area contributed by atoms with Crippen LogP contribution in [0.15, 0.2) is 18.2 Å². The van der Waals surface area contributed by atoms with Gasteiger partial charge in [0, 0.05) is 41.2 Å². The van der Waals surface area contributed by atoms with Crippen LogP contribution >= 0.6 is 11.8 Å². The average molecular weight is 327 g/mol. The van der Waals surface area contributed by atoms with Gasteiger partial charge in [-0.15, -0.1) is 0 Å². The van der Waals surface area contributed by atoms with Crippen molar-refractivity contribution in [1.29, 1.82) is 0 Å². The first-order chi connectivity index (χ1) is 9.88. The molecule has 2 heterocycles. The summed E-state index contributed by atoms with van der Waals surface area (Å²) in [6.45, 7) is 0.668. The fraction of sp³-hybridized carbons (Fsp3) is 0.462. The molecule has 2 atom stereocenters. The largest absolute Gasteiger partial charge is 0.353 e. The van der Waals surface area contributed by atoms with E-state index in [2.05, 4.69) is 5.32 Å². The van der Waals surface area contributed by atoms with Gasteiger partial charge in [-0.05, 0) is 12.1 Å². The Labute approximate surface area is 128 Å². The number of hydrogen-bond donors (Lipinski definition) is 2. The summed E-state index contributed by atoms with van der Waals surface area (Å²) in [6, 6.07) is 4.81. The number of fused-ring (bicyclic) bond motifs is 1. The van der Waals surface area contributed by atoms with Gasteiger partial charge in [0.1, 0.15) is 11.4 Å². The topological polar surface area (TPSA) is 92.5 Å². The number of nitrogens with zero attached hydrogens (tertiary/aromatic N) is 1. The van der Waals surface area contributed by atoms with Crippen molar-refractivity contribution in [1.82, 2.24) is 0 Å². The van der Waals surface area contributed by atoms with E-state index < -0.39 is 21.3 Å². The Bertz CT molecular complexity index is 690. The first-order valence-electron chi connectivity index (χ1n) is 6.61. The standard InChI is InChI=1S/C13H17N3O3S2/c1-21(18,19)11-7-20-5-4-16(11)8-2-3-9-10(6-8)15-13(17)12(9)14/h2-3,6,11-12H,4-5,7,14H2,1H3,(H,15,17). The van der Waals surface area contributed by atoms with E-state index in [9.17, 15) is 13.2 Å². The van der Waals surface area contributed by atoms with Gasteiger partial charge in [0.2, 0.25) is 5.91 Å². The van der Waals surface area contributed by atoms with Crippen LogP contribution in [0.5, 0.6) is 0 Å². The van der Waals surface area contributed by atoms with Gasteiger partial charge in [-0.25, -0.2) is 8.42 Å². The Hall–Kier alpha value is -1.25. The molecule has 2 aliphatic heterocycles. The van der Waals surface area contributed by atoms with Crippen LogP contribution in [-0.4, -0.2) is 44.0 Å². The molecule has 0 bridgehead atoms. The van der Waals surface area contributed by atoms with Gasteiger partial charge in [0.25, 0.3) is 0 Å². The molecule has 1 amide bonds. The molecule has 114 valence electrons. The van der Waals surface area contributed by atoms with Crippen LogP contribution < -0.4 is 16.0 Å². The monoisotopic (exact) mass is 327 g/mol. The second-order valence-corrected chi connectivity index (χ2v) is 8.64. The van der Waals surface area contributed by atoms with Crippen molar-refractivity contribution in [2.24, 2.45) is 5.73 Å². The Morgan fingerprint density at radius 1 is 1.43 bits per heavy atom. The molecule has 0 aliphatic carbocycles. The van der Waals surface area contributed by atoms with E-state index in [4.69, 9.17) is 5.73 Å². The molecule has 0 aromatic heterocycles. The predicted molar refractivity (Wildman–Crippen MR) is 85.3 cm³/mol. The van der Waals surface area contributed by atoms with E-state index in [0.29, 0.717) is 18.0 Å². The molecule has 8 heteroatoms. The number of nitrogens with one attached hydrogen (secondary N) is 1. The number of amides is 1. The quantitative estimate of drug-likeness (QED) is 0.825. The van der Waals surface area contributed by atoms with Crippen molar-refractivity contribution in [3.8, 4) is 0 Å². The summed E-state index contributed by atoms with van der Waals surface area (Å²) >= 11 is 1.64. The predicted octanol–water partition coefficient (Wildman–Crippen LogP) is 0.562. The molecule has 0 radical (unpaired) electrons. The molecule has 0 spiro atoms. The van der Waals surface area contributed by atoms with E-state index in [1.54, 1.807) is 17.8 Å². The van der Waals surface area contributed by atoms with E-state index >= 15 is 0 Å². The van der Waals surface area contributed by atoms with Crippen molar-refractivity contribution in [3.63, 3.8) is 0 Å². The first-order valence-corrected chi connectivity index (χ1v) is 9.72. The zero-order chi connectivity index (χ0) is 15.2. The fourth-order valence-electron chi connectivity index (χ4n) is 2.69. The Balaban J connectivity index is 1.97. The molecule has 2 unspecified atom stereocenters. The number of carbonyl (C=O) groups is 1. The number of nitrogens with two attached hydrogens (primary N) is 1. The number of carbonyl (C=O) groups excluding carboxylic acids is 1. The number of hydrogen-bond acceptors (Lipinski definition) is 6. The van der Waals surface area contributed by atoms with Crippen molar-refractivity contribution in [3.05, 3.63) is 23.8 Å². The van der Waals surface area contributed by atoms with Gasteiger partial charge >= 0.3 is 0 Å². The number of rotatable bonds is 2. The van der Waals surface area contributed by atoms with Crippen molar-refractivity contribution < 1.29 is 13.2 Å². The van der Waals surface area contributed by atoms with Gasteiger partial charge < -0.3 is 16.0 Å². The molecule has 1 fully saturated rings. The van der Waals surface area contributed by atoms with Gasteiger partial charge in [0.05, 0.1) is 0 Å². The highest BCUT2D eigenvalue weighted by atomic mass is 32.2. The minimum atomic E-state index is -3.17. The lowest BCUT2D eigenvalue weighted by Gasteiger charge is -2.36. The molecule has 1 aromatic carbocycles. The Kier molecular flexibility index (Phi) is 3.62. The minimum Gasteiger partial charge on any atom is -0.353 e. The van der Waals surface area contributed by atoms with Crippen molar-refractivity contribution >= 4 is 38.9 Å². The third-order valence-electron chi connectivity index (χ3n) is 3.82. The lowest BCUT2D eigenvalue weighted by Crippen LogP contribution is -2.47. The SMILES string of the molecule is CS(=O)(=O)C1CSCCN1c1ccc2c(c1)NC(=O)C2N. The second-order valence-electron chi connectivity index (χ2n) is 5.29. The molecular formula is C13H17N3O3S2. The van der Waals surface area contributed by atoms with Crippen molar-refractivity contribution in [2.45, 2.75) is 11.4 Å². The van der Waals surface area contributed by atoms with E-state index in [1.165, 1.54) is 6.26 Å². The summed E-state index contributed by atoms with van der Waals surface area (Å²) in [5.74, 6) is 1.22. The van der Waals surface area contributed by atoms with Crippen LogP contribution in [0.2, 0.25) is 0 Å². The molecule has 6 nitrogen and oxygen atoms in total. The lowest BCUT2D eigenvalue weighted by molar-refractivity contribution is -0.116. The van der Waals surface area contributed by atoms with Gasteiger partial charge in [-0.2, -0.15) is 11.8 Å². The zero-order valence-electron chi connectivity index (χ0n) is 11.6. The number of anilines is 2. The highest BCUT2D eigenvalue weighted by molar-refractivity contribution is 8.01. The van der Waals surface area contributed by atoms with Crippen LogP contribution in [0.25, 0.3) is 0 Å². The Morgan fingerprint density at radius 3 is 2.90 bits per heavy atom. The van der Waals surface area contributed by atoms with E-state index in [-0.39, 0.29) is 5.91 Å². The molecule has 3 N–H and O–H groups in total. The molecule has 2 aliphatic rings. The van der Waals surface area contributed by atoms with Crippen LogP contribution in [0.3, 0.4) is 0 Å². The molecule has 21 heavy (non-hydrogen) atoms. The maximum atomic E-state index is 12.0. The summed E-state index contributed by atoms with van der Waals surface area (Å²) in [5, 5.41) is 2.21. The van der Waals surface area contributed by atoms with Crippen LogP contribution in [-0.2, 0) is 14.6 Å². The van der Waals surface area contributed by atoms with Crippen molar-refractivity contribution in [2.75, 3.05) is 34.5 Å².